The summed E-state index contributed by atoms with van der Waals surface area (Å²) in [6.45, 7) is 7.68. The Bertz CT molecular complexity index is 1570. The Hall–Kier alpha value is -4.12. The zero-order chi connectivity index (χ0) is 32.7. The molecule has 2 unspecified atom stereocenters. The molecule has 0 spiro atoms. The van der Waals surface area contributed by atoms with E-state index < -0.39 is 35.3 Å². The highest BCUT2D eigenvalue weighted by Gasteiger charge is 2.45. The number of para-hydroxylation sites is 1. The van der Waals surface area contributed by atoms with E-state index in [4.69, 9.17) is 32.7 Å². The fourth-order valence-electron chi connectivity index (χ4n) is 5.29. The third kappa shape index (κ3) is 8.33. The first-order valence-corrected chi connectivity index (χ1v) is 15.3. The van der Waals surface area contributed by atoms with Crippen LogP contribution in [0.4, 0.5) is 10.5 Å². The summed E-state index contributed by atoms with van der Waals surface area (Å²) < 4.78 is 11.5. The lowest BCUT2D eigenvalue weighted by Gasteiger charge is -2.43. The number of nitrogens with one attached hydrogen (secondary N) is 1. The molecule has 1 aliphatic rings. The molecule has 238 valence electrons. The summed E-state index contributed by atoms with van der Waals surface area (Å²) in [6, 6.07) is 19.9. The predicted octanol–water partition coefficient (Wildman–Crippen LogP) is 7.61. The molecule has 0 fully saturated rings. The van der Waals surface area contributed by atoms with Gasteiger partial charge < -0.3 is 14.8 Å². The van der Waals surface area contributed by atoms with Crippen molar-refractivity contribution in [2.45, 2.75) is 65.5 Å². The van der Waals surface area contributed by atoms with Crippen LogP contribution < -0.4 is 5.32 Å². The van der Waals surface area contributed by atoms with Crippen LogP contribution in [0.1, 0.15) is 56.8 Å². The predicted molar refractivity (Wildman–Crippen MR) is 172 cm³/mol. The molecule has 0 aromatic heterocycles. The van der Waals surface area contributed by atoms with E-state index in [-0.39, 0.29) is 23.6 Å². The van der Waals surface area contributed by atoms with Gasteiger partial charge in [-0.05, 0) is 56.5 Å². The normalized spacial score (nSPS) is 16.5. The quantitative estimate of drug-likeness (QED) is 0.0972. The summed E-state index contributed by atoms with van der Waals surface area (Å²) in [4.78, 5) is 42.4. The molecule has 1 amide bonds. The van der Waals surface area contributed by atoms with Gasteiger partial charge in [0.05, 0.1) is 32.2 Å². The van der Waals surface area contributed by atoms with Crippen molar-refractivity contribution < 1.29 is 24.0 Å². The fraction of sp³-hybridized carbons (Fsp3) is 0.333. The smallest absolute Gasteiger partial charge is 0.413 e. The number of rotatable bonds is 11. The molecule has 0 saturated carbocycles. The minimum absolute atomic E-state index is 0.0941. The average Bonchev–Trinajstić information content (AvgIpc) is 3.00. The Morgan fingerprint density at radius 2 is 1.67 bits per heavy atom. The first kappa shape index (κ1) is 33.8. The molecule has 4 rings (SSSR count). The summed E-state index contributed by atoms with van der Waals surface area (Å²) in [5, 5.41) is 16.2. The van der Waals surface area contributed by atoms with Crippen LogP contribution in [-0.4, -0.2) is 45.8 Å². The molecule has 0 radical (unpaired) electrons. The molecule has 45 heavy (non-hydrogen) atoms. The van der Waals surface area contributed by atoms with Gasteiger partial charge in [0.15, 0.2) is 0 Å². The maximum absolute atomic E-state index is 14.1. The third-order valence-corrected chi connectivity index (χ3v) is 8.01. The number of carbonyl (C=O) groups is 2. The molecular weight excluding hydrogens is 619 g/mol. The van der Waals surface area contributed by atoms with E-state index in [9.17, 15) is 19.7 Å². The molecule has 0 aliphatic carbocycles. The topological polar surface area (TPSA) is 114 Å². The van der Waals surface area contributed by atoms with Crippen LogP contribution in [0, 0.1) is 10.1 Å². The van der Waals surface area contributed by atoms with Gasteiger partial charge in [0.25, 0.3) is 5.69 Å². The summed E-state index contributed by atoms with van der Waals surface area (Å²) in [7, 11) is 0. The lowest BCUT2D eigenvalue weighted by Crippen LogP contribution is -2.55. The molecular formula is C33H36Cl2N4O6. The van der Waals surface area contributed by atoms with Gasteiger partial charge in [0.2, 0.25) is 0 Å². The van der Waals surface area contributed by atoms with Gasteiger partial charge in [-0.25, -0.2) is 9.59 Å². The minimum atomic E-state index is -1.14. The highest BCUT2D eigenvalue weighted by molar-refractivity contribution is 6.42. The van der Waals surface area contributed by atoms with Crippen LogP contribution in [0.3, 0.4) is 0 Å². The largest absolute Gasteiger partial charge is 0.459 e. The number of allylic oxidation sites excluding steroid dienone is 1. The highest BCUT2D eigenvalue weighted by atomic mass is 35.5. The average molecular weight is 656 g/mol. The summed E-state index contributed by atoms with van der Waals surface area (Å²) >= 11 is 12.4. The van der Waals surface area contributed by atoms with E-state index >= 15 is 0 Å². The zero-order valence-corrected chi connectivity index (χ0v) is 27.0. The van der Waals surface area contributed by atoms with Crippen LogP contribution in [0.5, 0.6) is 0 Å². The highest BCUT2D eigenvalue weighted by Crippen LogP contribution is 2.40. The Labute approximate surface area is 272 Å². The number of nitro benzene ring substituents is 1. The number of benzene rings is 3. The molecule has 10 nitrogen and oxygen atoms in total. The van der Waals surface area contributed by atoms with E-state index in [1.54, 1.807) is 45.0 Å². The number of halogens is 2. The molecule has 1 N–H and O–H groups in total. The van der Waals surface area contributed by atoms with Crippen molar-refractivity contribution in [3.63, 3.8) is 0 Å². The van der Waals surface area contributed by atoms with E-state index in [0.717, 1.165) is 11.1 Å². The number of amides is 1. The van der Waals surface area contributed by atoms with Crippen molar-refractivity contribution in [2.75, 3.05) is 6.73 Å². The number of hydrogen-bond acceptors (Lipinski definition) is 8. The van der Waals surface area contributed by atoms with Gasteiger partial charge in [0.1, 0.15) is 18.9 Å². The Kier molecular flexibility index (Phi) is 11.4. The molecule has 1 aliphatic heterocycles. The zero-order valence-electron chi connectivity index (χ0n) is 25.5. The maximum atomic E-state index is 14.1. The van der Waals surface area contributed by atoms with E-state index in [1.807, 2.05) is 48.2 Å². The first-order chi connectivity index (χ1) is 21.5. The molecule has 3 aromatic rings. The van der Waals surface area contributed by atoms with Gasteiger partial charge in [-0.15, -0.1) is 0 Å². The van der Waals surface area contributed by atoms with Crippen molar-refractivity contribution in [3.05, 3.63) is 121 Å². The standard InChI is InChI=1S/C33H36Cl2N4O6/c1-5-29-36-22(4)30(32(40)45-21(2)3)31(25-13-9-10-14-28(25)39(42)43)38(29)33(41)44-20-37(18-23-11-7-6-8-12-23)19-24-15-16-26(34)27(35)17-24/h6-17,21,29,31,36H,5,18-20H2,1-4H3. The van der Waals surface area contributed by atoms with Crippen molar-refractivity contribution in [2.24, 2.45) is 0 Å². The van der Waals surface area contributed by atoms with Gasteiger partial charge in [-0.3, -0.25) is 19.9 Å². The second-order valence-electron chi connectivity index (χ2n) is 10.9. The monoisotopic (exact) mass is 654 g/mol. The maximum Gasteiger partial charge on any atom is 0.413 e. The Morgan fingerprint density at radius 1 is 1.00 bits per heavy atom. The van der Waals surface area contributed by atoms with Crippen LogP contribution in [0.25, 0.3) is 0 Å². The molecule has 0 saturated heterocycles. The summed E-state index contributed by atoms with van der Waals surface area (Å²) in [5.74, 6) is -0.684. The molecule has 12 heteroatoms. The van der Waals surface area contributed by atoms with Gasteiger partial charge in [-0.2, -0.15) is 0 Å². The number of nitro groups is 1. The number of hydrogen-bond donors (Lipinski definition) is 1. The van der Waals surface area contributed by atoms with Crippen LogP contribution in [0.2, 0.25) is 10.0 Å². The van der Waals surface area contributed by atoms with E-state index in [0.29, 0.717) is 35.3 Å². The van der Waals surface area contributed by atoms with Gasteiger partial charge in [0, 0.05) is 24.9 Å². The van der Waals surface area contributed by atoms with E-state index in [2.05, 4.69) is 5.32 Å². The lowest BCUT2D eigenvalue weighted by molar-refractivity contribution is -0.385. The number of esters is 1. The second kappa shape index (κ2) is 15.2. The van der Waals surface area contributed by atoms with Crippen LogP contribution >= 0.6 is 23.2 Å². The van der Waals surface area contributed by atoms with Crippen molar-refractivity contribution in [1.29, 1.82) is 0 Å². The number of carbonyl (C=O) groups excluding carboxylic acids is 2. The number of ether oxygens (including phenoxy) is 2. The molecule has 2 atom stereocenters. The van der Waals surface area contributed by atoms with Crippen LogP contribution in [0.15, 0.2) is 84.1 Å². The SMILES string of the molecule is CCC1NC(C)=C(C(=O)OC(C)C)C(c2ccccc2[N+](=O)[O-])N1C(=O)OCN(Cc1ccccc1)Cc1ccc(Cl)c(Cl)c1. The van der Waals surface area contributed by atoms with Gasteiger partial charge in [-0.1, -0.05) is 78.7 Å². The summed E-state index contributed by atoms with van der Waals surface area (Å²) in [6.07, 6.45) is -1.42. The summed E-state index contributed by atoms with van der Waals surface area (Å²) in [5.41, 5.74) is 2.35. The number of nitrogens with zero attached hydrogens (tertiary/aromatic N) is 3. The van der Waals surface area contributed by atoms with Crippen molar-refractivity contribution >= 4 is 41.0 Å². The molecule has 1 heterocycles. The fourth-order valence-corrected chi connectivity index (χ4v) is 5.61. The lowest BCUT2D eigenvalue weighted by atomic mass is 9.91. The van der Waals surface area contributed by atoms with Crippen LogP contribution in [-0.2, 0) is 27.4 Å². The van der Waals surface area contributed by atoms with Gasteiger partial charge >= 0.3 is 12.1 Å². The van der Waals surface area contributed by atoms with Crippen molar-refractivity contribution in [1.82, 2.24) is 15.1 Å². The third-order valence-electron chi connectivity index (χ3n) is 7.27. The second-order valence-corrected chi connectivity index (χ2v) is 11.8. The molecule has 3 aromatic carbocycles. The first-order valence-electron chi connectivity index (χ1n) is 14.6. The Morgan fingerprint density at radius 3 is 2.31 bits per heavy atom. The Balaban J connectivity index is 1.70. The van der Waals surface area contributed by atoms with Crippen molar-refractivity contribution in [3.8, 4) is 0 Å². The minimum Gasteiger partial charge on any atom is -0.459 e. The molecule has 0 bridgehead atoms. The van der Waals surface area contributed by atoms with E-state index in [1.165, 1.54) is 17.0 Å².